The first-order valence-electron chi connectivity index (χ1n) is 9.88. The Balaban J connectivity index is 1.44. The SMILES string of the molecule is Cc1cc(Cc2ccc(S(=O)(=O)N3CCN(c4ccccc4)CC3)cc2)c(=O)[nH]n1. The van der Waals surface area contributed by atoms with Crippen molar-refractivity contribution >= 4 is 15.7 Å². The maximum Gasteiger partial charge on any atom is 0.267 e. The van der Waals surface area contributed by atoms with Gasteiger partial charge in [-0.2, -0.15) is 9.40 Å². The molecule has 0 aliphatic carbocycles. The predicted molar refractivity (Wildman–Crippen MR) is 116 cm³/mol. The first kappa shape index (κ1) is 20.3. The van der Waals surface area contributed by atoms with Gasteiger partial charge in [0.05, 0.1) is 10.6 Å². The number of aryl methyl sites for hydroxylation is 1. The minimum atomic E-state index is -3.54. The third-order valence-corrected chi connectivity index (χ3v) is 7.24. The fourth-order valence-corrected chi connectivity index (χ4v) is 5.09. The number of aromatic nitrogens is 2. The molecule has 1 fully saturated rings. The van der Waals surface area contributed by atoms with Crippen LogP contribution in [0.5, 0.6) is 0 Å². The lowest BCUT2D eigenvalue weighted by atomic mass is 10.1. The Morgan fingerprint density at radius 3 is 2.30 bits per heavy atom. The van der Waals surface area contributed by atoms with Crippen LogP contribution in [0, 0.1) is 6.92 Å². The van der Waals surface area contributed by atoms with Gasteiger partial charge in [-0.15, -0.1) is 0 Å². The number of anilines is 1. The maximum absolute atomic E-state index is 13.0. The van der Waals surface area contributed by atoms with E-state index in [9.17, 15) is 13.2 Å². The molecular formula is C22H24N4O3S. The first-order valence-corrected chi connectivity index (χ1v) is 11.3. The van der Waals surface area contributed by atoms with Gasteiger partial charge < -0.3 is 4.90 Å². The van der Waals surface area contributed by atoms with Crippen LogP contribution < -0.4 is 10.5 Å². The number of aromatic amines is 1. The Morgan fingerprint density at radius 2 is 1.63 bits per heavy atom. The van der Waals surface area contributed by atoms with Gasteiger partial charge in [0.2, 0.25) is 10.0 Å². The lowest BCUT2D eigenvalue weighted by Crippen LogP contribution is -2.48. The molecule has 0 amide bonds. The van der Waals surface area contributed by atoms with Crippen molar-refractivity contribution in [2.45, 2.75) is 18.2 Å². The number of hydrogen-bond donors (Lipinski definition) is 1. The smallest absolute Gasteiger partial charge is 0.267 e. The van der Waals surface area contributed by atoms with Crippen LogP contribution in [0.4, 0.5) is 5.69 Å². The van der Waals surface area contributed by atoms with Gasteiger partial charge in [0, 0.05) is 43.9 Å². The summed E-state index contributed by atoms with van der Waals surface area (Å²) in [5.74, 6) is 0. The molecule has 30 heavy (non-hydrogen) atoms. The van der Waals surface area contributed by atoms with Crippen molar-refractivity contribution in [3.63, 3.8) is 0 Å². The van der Waals surface area contributed by atoms with E-state index in [1.165, 1.54) is 0 Å². The highest BCUT2D eigenvalue weighted by atomic mass is 32.2. The molecular weight excluding hydrogens is 400 g/mol. The van der Waals surface area contributed by atoms with Crippen molar-refractivity contribution < 1.29 is 8.42 Å². The molecule has 0 spiro atoms. The Hall–Kier alpha value is -2.97. The molecule has 156 valence electrons. The zero-order chi connectivity index (χ0) is 21.1. The molecule has 1 aliphatic rings. The van der Waals surface area contributed by atoms with Crippen LogP contribution in [0.3, 0.4) is 0 Å². The largest absolute Gasteiger partial charge is 0.369 e. The van der Waals surface area contributed by atoms with Gasteiger partial charge >= 0.3 is 0 Å². The van der Waals surface area contributed by atoms with Crippen molar-refractivity contribution in [2.24, 2.45) is 0 Å². The summed E-state index contributed by atoms with van der Waals surface area (Å²) in [5, 5.41) is 6.35. The van der Waals surface area contributed by atoms with Crippen molar-refractivity contribution in [1.82, 2.24) is 14.5 Å². The van der Waals surface area contributed by atoms with Crippen LogP contribution in [-0.4, -0.2) is 49.1 Å². The zero-order valence-electron chi connectivity index (χ0n) is 16.8. The van der Waals surface area contributed by atoms with Gasteiger partial charge in [-0.3, -0.25) is 4.79 Å². The fraction of sp³-hybridized carbons (Fsp3) is 0.273. The molecule has 1 N–H and O–H groups in total. The van der Waals surface area contributed by atoms with Crippen molar-refractivity contribution in [3.05, 3.63) is 87.8 Å². The summed E-state index contributed by atoms with van der Waals surface area (Å²) >= 11 is 0. The quantitative estimate of drug-likeness (QED) is 0.679. The van der Waals surface area contributed by atoms with Crippen molar-refractivity contribution in [2.75, 3.05) is 31.1 Å². The van der Waals surface area contributed by atoms with Gasteiger partial charge in [-0.1, -0.05) is 30.3 Å². The number of rotatable bonds is 5. The minimum absolute atomic E-state index is 0.228. The molecule has 2 aromatic carbocycles. The number of hydrogen-bond acceptors (Lipinski definition) is 5. The summed E-state index contributed by atoms with van der Waals surface area (Å²) < 4.78 is 27.6. The van der Waals surface area contributed by atoms with Crippen LogP contribution in [-0.2, 0) is 16.4 Å². The van der Waals surface area contributed by atoms with E-state index in [0.29, 0.717) is 38.2 Å². The Morgan fingerprint density at radius 1 is 0.967 bits per heavy atom. The van der Waals surface area contributed by atoms with E-state index in [1.807, 2.05) is 37.3 Å². The minimum Gasteiger partial charge on any atom is -0.369 e. The monoisotopic (exact) mass is 424 g/mol. The highest BCUT2D eigenvalue weighted by Gasteiger charge is 2.28. The Labute approximate surface area is 176 Å². The lowest BCUT2D eigenvalue weighted by Gasteiger charge is -2.35. The van der Waals surface area contributed by atoms with Gasteiger partial charge in [0.15, 0.2) is 0 Å². The average Bonchev–Trinajstić information content (AvgIpc) is 2.77. The van der Waals surface area contributed by atoms with Crippen LogP contribution in [0.2, 0.25) is 0 Å². The van der Waals surface area contributed by atoms with Crippen molar-refractivity contribution in [3.8, 4) is 0 Å². The van der Waals surface area contributed by atoms with Crippen molar-refractivity contribution in [1.29, 1.82) is 0 Å². The molecule has 7 nitrogen and oxygen atoms in total. The van der Waals surface area contributed by atoms with Gasteiger partial charge in [-0.25, -0.2) is 13.5 Å². The van der Waals surface area contributed by atoms with E-state index >= 15 is 0 Å². The van der Waals surface area contributed by atoms with E-state index in [4.69, 9.17) is 0 Å². The highest BCUT2D eigenvalue weighted by Crippen LogP contribution is 2.21. The second-order valence-corrected chi connectivity index (χ2v) is 9.35. The van der Waals surface area contributed by atoms with E-state index in [1.54, 1.807) is 34.6 Å². The second kappa shape index (κ2) is 8.41. The molecule has 4 rings (SSSR count). The average molecular weight is 425 g/mol. The predicted octanol–water partition coefficient (Wildman–Crippen LogP) is 2.18. The topological polar surface area (TPSA) is 86.4 Å². The molecule has 2 heterocycles. The summed E-state index contributed by atoms with van der Waals surface area (Å²) in [5.41, 5.74) is 3.10. The molecule has 8 heteroatoms. The molecule has 0 radical (unpaired) electrons. The summed E-state index contributed by atoms with van der Waals surface area (Å²) in [7, 11) is -3.54. The molecule has 0 bridgehead atoms. The van der Waals surface area contributed by atoms with Crippen LogP contribution >= 0.6 is 0 Å². The van der Waals surface area contributed by atoms with Gasteiger partial charge in [0.25, 0.3) is 5.56 Å². The molecule has 0 saturated carbocycles. The number of benzene rings is 2. The molecule has 1 aliphatic heterocycles. The summed E-state index contributed by atoms with van der Waals surface area (Å²) in [6.07, 6.45) is 0.425. The van der Waals surface area contributed by atoms with Crippen LogP contribution in [0.15, 0.2) is 70.4 Å². The lowest BCUT2D eigenvalue weighted by molar-refractivity contribution is 0.385. The molecule has 1 saturated heterocycles. The molecule has 0 atom stereocenters. The Kier molecular flexibility index (Phi) is 5.69. The van der Waals surface area contributed by atoms with Gasteiger partial charge in [-0.05, 0) is 42.8 Å². The summed E-state index contributed by atoms with van der Waals surface area (Å²) in [6.45, 7) is 4.03. The third kappa shape index (κ3) is 4.29. The van der Waals surface area contributed by atoms with E-state index in [0.717, 1.165) is 16.9 Å². The van der Waals surface area contributed by atoms with Crippen LogP contribution in [0.25, 0.3) is 0 Å². The highest BCUT2D eigenvalue weighted by molar-refractivity contribution is 7.89. The van der Waals surface area contributed by atoms with E-state index in [-0.39, 0.29) is 10.5 Å². The van der Waals surface area contributed by atoms with E-state index in [2.05, 4.69) is 15.1 Å². The number of H-pyrrole nitrogens is 1. The molecule has 1 aromatic heterocycles. The van der Waals surface area contributed by atoms with Crippen LogP contribution in [0.1, 0.15) is 16.8 Å². The number of piperazine rings is 1. The second-order valence-electron chi connectivity index (χ2n) is 7.41. The molecule has 0 unspecified atom stereocenters. The van der Waals surface area contributed by atoms with E-state index < -0.39 is 10.0 Å². The summed E-state index contributed by atoms with van der Waals surface area (Å²) in [6, 6.07) is 18.5. The number of sulfonamides is 1. The third-order valence-electron chi connectivity index (χ3n) is 5.32. The zero-order valence-corrected chi connectivity index (χ0v) is 17.6. The summed E-state index contributed by atoms with van der Waals surface area (Å²) in [4.78, 5) is 14.4. The standard InChI is InChI=1S/C22H24N4O3S/c1-17-15-19(22(27)24-23-17)16-18-7-9-21(10-8-18)30(28,29)26-13-11-25(12-14-26)20-5-3-2-4-6-20/h2-10,15H,11-14,16H2,1H3,(H,24,27). The molecule has 3 aromatic rings. The normalized spacial score (nSPS) is 15.3. The number of nitrogens with one attached hydrogen (secondary N) is 1. The number of para-hydroxylation sites is 1. The Bertz CT molecular complexity index is 1170. The first-order chi connectivity index (χ1) is 14.4. The van der Waals surface area contributed by atoms with Gasteiger partial charge in [0.1, 0.15) is 0 Å². The fourth-order valence-electron chi connectivity index (χ4n) is 3.67. The number of nitrogens with zero attached hydrogens (tertiary/aromatic N) is 3. The maximum atomic E-state index is 13.0.